The van der Waals surface area contributed by atoms with Gasteiger partial charge in [-0.1, -0.05) is 26.0 Å². The van der Waals surface area contributed by atoms with E-state index in [1.54, 1.807) is 23.1 Å². The summed E-state index contributed by atoms with van der Waals surface area (Å²) in [7, 11) is 0. The molecule has 2 amide bonds. The quantitative estimate of drug-likeness (QED) is 0.180. The Hall–Kier alpha value is -4.59. The van der Waals surface area contributed by atoms with E-state index in [4.69, 9.17) is 20.9 Å². The van der Waals surface area contributed by atoms with Crippen molar-refractivity contribution < 1.29 is 29.2 Å². The molecule has 1 spiro atoms. The minimum atomic E-state index is -1.21. The molecule has 4 aliphatic heterocycles. The van der Waals surface area contributed by atoms with E-state index in [0.29, 0.717) is 30.3 Å². The molecule has 0 bridgehead atoms. The molecule has 0 aliphatic carbocycles. The standard InChI is InChI=1S/C29H37N9O5/c1-4-42-15-8-9-18(32-12-15)25(41)33-13-19-22-29(37-26(30)36-22)23(39)20(14-38(29)27(31)35-19)34-24(40)16-6-5-7-17-21(16)43-11-10-28(17,2)3/h5-9,12,19-20,22-23,39H,4,10-11,13-14H2,1-3H3,(H2,31,35)(H,33,41)(H,34,40)(H3,30,36,37)/p+1/t19-,20?,22-,23+,29?/m0/s1. The highest BCUT2D eigenvalue weighted by Gasteiger charge is 2.68. The van der Waals surface area contributed by atoms with E-state index in [-0.39, 0.29) is 42.0 Å². The van der Waals surface area contributed by atoms with Crippen LogP contribution in [0.5, 0.6) is 11.5 Å². The van der Waals surface area contributed by atoms with Crippen molar-refractivity contribution in [1.29, 1.82) is 0 Å². The first-order valence-electron chi connectivity index (χ1n) is 14.5. The number of nitrogens with two attached hydrogens (primary N) is 2. The molecule has 4 aliphatic rings. The van der Waals surface area contributed by atoms with Gasteiger partial charge in [-0.05, 0) is 37.0 Å². The van der Waals surface area contributed by atoms with Gasteiger partial charge in [0.05, 0.1) is 31.0 Å². The molecule has 43 heavy (non-hydrogen) atoms. The zero-order valence-electron chi connectivity index (χ0n) is 24.4. The van der Waals surface area contributed by atoms with Crippen LogP contribution in [0.25, 0.3) is 0 Å². The lowest BCUT2D eigenvalue weighted by Gasteiger charge is -2.43. The Morgan fingerprint density at radius 3 is 2.81 bits per heavy atom. The van der Waals surface area contributed by atoms with Crippen molar-refractivity contribution in [2.75, 3.05) is 26.3 Å². The Kier molecular flexibility index (Phi) is 7.03. The lowest BCUT2D eigenvalue weighted by Crippen LogP contribution is -2.88. The predicted octanol–water partition coefficient (Wildman–Crippen LogP) is -2.49. The summed E-state index contributed by atoms with van der Waals surface area (Å²) < 4.78 is 11.3. The number of fused-ring (bicyclic) bond motifs is 1. The number of carbonyl (C=O) groups excluding carboxylic acids is 2. The van der Waals surface area contributed by atoms with Crippen LogP contribution in [-0.2, 0) is 5.41 Å². The number of nitrogens with one attached hydrogen (secondary N) is 4. The number of aromatic nitrogens is 1. The first kappa shape index (κ1) is 28.5. The number of amides is 2. The number of guanidine groups is 2. The molecule has 5 heterocycles. The zero-order valence-corrected chi connectivity index (χ0v) is 24.4. The lowest BCUT2D eigenvalue weighted by atomic mass is 9.79. The summed E-state index contributed by atoms with van der Waals surface area (Å²) in [6.45, 7) is 7.39. The second-order valence-electron chi connectivity index (χ2n) is 11.9. The van der Waals surface area contributed by atoms with E-state index >= 15 is 0 Å². The van der Waals surface area contributed by atoms with Gasteiger partial charge in [-0.25, -0.2) is 15.3 Å². The molecule has 14 heteroatoms. The van der Waals surface area contributed by atoms with Crippen LogP contribution in [0.3, 0.4) is 0 Å². The number of hydrogen-bond donors (Lipinski definition) is 7. The molecule has 2 aromatic rings. The number of para-hydroxylation sites is 1. The lowest BCUT2D eigenvalue weighted by molar-refractivity contribution is -0.513. The fourth-order valence-electron chi connectivity index (χ4n) is 6.54. The number of aliphatic hydroxyl groups excluding tert-OH is 1. The molecular weight excluding hydrogens is 554 g/mol. The first-order valence-corrected chi connectivity index (χ1v) is 14.5. The molecule has 6 rings (SSSR count). The monoisotopic (exact) mass is 592 g/mol. The summed E-state index contributed by atoms with van der Waals surface area (Å²) in [5, 5.41) is 20.8. The Morgan fingerprint density at radius 2 is 2.07 bits per heavy atom. The molecule has 5 atom stereocenters. The highest BCUT2D eigenvalue weighted by atomic mass is 16.5. The highest BCUT2D eigenvalue weighted by molar-refractivity contribution is 5.98. The molecule has 1 aromatic heterocycles. The molecule has 9 N–H and O–H groups in total. The Balaban J connectivity index is 1.20. The third kappa shape index (κ3) is 4.75. The number of benzene rings is 1. The van der Waals surface area contributed by atoms with Gasteiger partial charge in [0, 0.05) is 18.7 Å². The topological polar surface area (TPSA) is 203 Å². The van der Waals surface area contributed by atoms with E-state index in [0.717, 1.165) is 12.0 Å². The van der Waals surface area contributed by atoms with Gasteiger partial charge in [0.2, 0.25) is 5.66 Å². The largest absolute Gasteiger partial charge is 0.492 e. The van der Waals surface area contributed by atoms with Crippen molar-refractivity contribution in [2.24, 2.45) is 16.5 Å². The fraction of sp³-hybridized carbons (Fsp3) is 0.483. The molecule has 228 valence electrons. The van der Waals surface area contributed by atoms with Crippen LogP contribution in [0.15, 0.2) is 41.5 Å². The van der Waals surface area contributed by atoms with Gasteiger partial charge in [0.1, 0.15) is 29.3 Å². The zero-order chi connectivity index (χ0) is 30.5. The van der Waals surface area contributed by atoms with Crippen LogP contribution < -0.4 is 41.9 Å². The summed E-state index contributed by atoms with van der Waals surface area (Å²) in [6.07, 6.45) is 1.19. The van der Waals surface area contributed by atoms with Gasteiger partial charge in [-0.15, -0.1) is 0 Å². The summed E-state index contributed by atoms with van der Waals surface area (Å²) >= 11 is 0. The maximum Gasteiger partial charge on any atom is 0.343 e. The van der Waals surface area contributed by atoms with Crippen LogP contribution in [0.2, 0.25) is 0 Å². The fourth-order valence-corrected chi connectivity index (χ4v) is 6.54. The highest BCUT2D eigenvalue weighted by Crippen LogP contribution is 2.41. The van der Waals surface area contributed by atoms with Gasteiger partial charge in [0.25, 0.3) is 11.8 Å². The summed E-state index contributed by atoms with van der Waals surface area (Å²) in [5.74, 6) is 0.745. The number of nitrogens with zero attached hydrogens (tertiary/aromatic N) is 3. The smallest absolute Gasteiger partial charge is 0.343 e. The third-order valence-electron chi connectivity index (χ3n) is 8.77. The van der Waals surface area contributed by atoms with Crippen molar-refractivity contribution in [3.05, 3.63) is 53.3 Å². The van der Waals surface area contributed by atoms with Crippen molar-refractivity contribution in [1.82, 2.24) is 25.8 Å². The number of hydrogen-bond acceptors (Lipinski definition) is 11. The number of aliphatic hydroxyl groups is 1. The molecule has 0 radical (unpaired) electrons. The first-order chi connectivity index (χ1) is 20.5. The van der Waals surface area contributed by atoms with Crippen LogP contribution in [-0.4, -0.2) is 94.9 Å². The van der Waals surface area contributed by atoms with Crippen molar-refractivity contribution in [3.63, 3.8) is 0 Å². The van der Waals surface area contributed by atoms with Gasteiger partial charge in [0.15, 0.2) is 12.0 Å². The maximum absolute atomic E-state index is 13.6. The average Bonchev–Trinajstić information content (AvgIpc) is 3.47. The normalized spacial score (nSPS) is 28.2. The molecular formula is C29H38N9O5+. The molecule has 14 nitrogen and oxygen atoms in total. The van der Waals surface area contributed by atoms with Gasteiger partial charge in [-0.3, -0.25) is 20.3 Å². The number of rotatable bonds is 7. The van der Waals surface area contributed by atoms with Crippen LogP contribution in [0.1, 0.15) is 53.6 Å². The number of pyridine rings is 1. The molecule has 1 aromatic carbocycles. The summed E-state index contributed by atoms with van der Waals surface area (Å²) in [5.41, 5.74) is 12.9. The number of aliphatic imine (C=N–C) groups is 1. The molecule has 2 unspecified atom stereocenters. The van der Waals surface area contributed by atoms with E-state index in [2.05, 4.69) is 44.8 Å². The third-order valence-corrected chi connectivity index (χ3v) is 8.77. The minimum Gasteiger partial charge on any atom is -0.492 e. The molecule has 1 saturated heterocycles. The van der Waals surface area contributed by atoms with Crippen molar-refractivity contribution in [2.45, 2.75) is 62.5 Å². The van der Waals surface area contributed by atoms with Crippen LogP contribution in [0.4, 0.5) is 0 Å². The second-order valence-corrected chi connectivity index (χ2v) is 11.9. The molecule has 1 fully saturated rings. The van der Waals surface area contributed by atoms with Crippen LogP contribution >= 0.6 is 0 Å². The second kappa shape index (κ2) is 10.6. The van der Waals surface area contributed by atoms with Crippen molar-refractivity contribution in [3.8, 4) is 11.5 Å². The minimum absolute atomic E-state index is 0.0870. The Morgan fingerprint density at radius 1 is 1.26 bits per heavy atom. The summed E-state index contributed by atoms with van der Waals surface area (Å²) in [6, 6.07) is 6.89. The van der Waals surface area contributed by atoms with Gasteiger partial charge < -0.3 is 35.8 Å². The number of ether oxygens (including phenoxy) is 2. The van der Waals surface area contributed by atoms with Crippen LogP contribution in [0, 0.1) is 0 Å². The van der Waals surface area contributed by atoms with Crippen molar-refractivity contribution >= 4 is 23.7 Å². The Bertz CT molecular complexity index is 1490. The maximum atomic E-state index is 13.6. The Labute approximate surface area is 248 Å². The van der Waals surface area contributed by atoms with E-state index in [1.165, 1.54) is 6.20 Å². The van der Waals surface area contributed by atoms with E-state index in [9.17, 15) is 14.7 Å². The molecule has 0 saturated carbocycles. The van der Waals surface area contributed by atoms with E-state index < -0.39 is 35.8 Å². The van der Waals surface area contributed by atoms with Gasteiger partial charge in [-0.2, -0.15) is 0 Å². The van der Waals surface area contributed by atoms with E-state index in [1.807, 2.05) is 19.1 Å². The predicted molar refractivity (Wildman–Crippen MR) is 157 cm³/mol. The SMILES string of the molecule is CCOc1ccc(C(=O)NC[C@@H]2N=C(N)N3CC(NC(=O)c4cccc5c4OCCC5(C)C)[C@@H](O)C34NC(N)=[NH+][C@@H]24)nc1. The average molecular weight is 593 g/mol. The number of carbonyl (C=O) groups is 2. The summed E-state index contributed by atoms with van der Waals surface area (Å²) in [4.78, 5) is 40.1. The van der Waals surface area contributed by atoms with Gasteiger partial charge >= 0.3 is 5.96 Å².